The number of rotatable bonds is 6. The molecule has 0 saturated heterocycles. The zero-order chi connectivity index (χ0) is 17.5. The Morgan fingerprint density at radius 3 is 2.88 bits per heavy atom. The molecule has 2 heterocycles. The van der Waals surface area contributed by atoms with Gasteiger partial charge in [-0.15, -0.1) is 0 Å². The number of thioether (sulfide) groups is 1. The van der Waals surface area contributed by atoms with Gasteiger partial charge in [-0.05, 0) is 26.0 Å². The highest BCUT2D eigenvalue weighted by atomic mass is 32.2. The molecule has 24 heavy (non-hydrogen) atoms. The summed E-state index contributed by atoms with van der Waals surface area (Å²) in [6.07, 6.45) is 3.11. The van der Waals surface area contributed by atoms with Gasteiger partial charge in [0.05, 0.1) is 24.2 Å². The lowest BCUT2D eigenvalue weighted by molar-refractivity contribution is -0.113. The molecule has 2 rings (SSSR count). The van der Waals surface area contributed by atoms with Crippen molar-refractivity contribution in [1.29, 1.82) is 0 Å². The molecule has 9 heteroatoms. The van der Waals surface area contributed by atoms with E-state index in [2.05, 4.69) is 20.3 Å². The summed E-state index contributed by atoms with van der Waals surface area (Å²) in [5.41, 5.74) is 0.485. The Balaban J connectivity index is 2.12. The van der Waals surface area contributed by atoms with E-state index in [9.17, 15) is 14.4 Å². The Bertz CT molecular complexity index is 792. The van der Waals surface area contributed by atoms with Crippen molar-refractivity contribution in [2.24, 2.45) is 0 Å². The summed E-state index contributed by atoms with van der Waals surface area (Å²) in [5, 5.41) is 2.83. The van der Waals surface area contributed by atoms with E-state index in [1.54, 1.807) is 32.2 Å². The Morgan fingerprint density at radius 2 is 2.21 bits per heavy atom. The minimum absolute atomic E-state index is 0.0167. The quantitative estimate of drug-likeness (QED) is 0.460. The molecule has 0 fully saturated rings. The van der Waals surface area contributed by atoms with E-state index in [4.69, 9.17) is 4.74 Å². The minimum Gasteiger partial charge on any atom is -0.462 e. The fourth-order valence-electron chi connectivity index (χ4n) is 1.88. The summed E-state index contributed by atoms with van der Waals surface area (Å²) in [7, 11) is 0. The molecule has 0 aliphatic carbocycles. The first-order valence-electron chi connectivity index (χ1n) is 7.12. The van der Waals surface area contributed by atoms with Crippen LogP contribution in [0, 0.1) is 6.92 Å². The van der Waals surface area contributed by atoms with Crippen molar-refractivity contribution in [3.8, 4) is 0 Å². The van der Waals surface area contributed by atoms with Crippen LogP contribution in [-0.2, 0) is 9.53 Å². The molecule has 1 amide bonds. The van der Waals surface area contributed by atoms with Gasteiger partial charge < -0.3 is 15.0 Å². The minimum atomic E-state index is -0.589. The third-order valence-corrected chi connectivity index (χ3v) is 3.83. The summed E-state index contributed by atoms with van der Waals surface area (Å²) in [6.45, 7) is 3.46. The fraction of sp³-hybridized carbons (Fsp3) is 0.267. The fourth-order valence-corrected chi connectivity index (χ4v) is 2.74. The number of pyridine rings is 1. The number of esters is 1. The van der Waals surface area contributed by atoms with E-state index >= 15 is 0 Å². The number of carbonyl (C=O) groups excluding carboxylic acids is 2. The van der Waals surface area contributed by atoms with Crippen LogP contribution in [0.3, 0.4) is 0 Å². The summed E-state index contributed by atoms with van der Waals surface area (Å²) >= 11 is 0.993. The van der Waals surface area contributed by atoms with Crippen molar-refractivity contribution in [3.05, 3.63) is 46.3 Å². The lowest BCUT2D eigenvalue weighted by atomic mass is 10.2. The number of aryl methyl sites for hydroxylation is 1. The van der Waals surface area contributed by atoms with Gasteiger partial charge in [0.2, 0.25) is 5.91 Å². The summed E-state index contributed by atoms with van der Waals surface area (Å²) in [5.74, 6) is -0.909. The van der Waals surface area contributed by atoms with E-state index in [0.29, 0.717) is 11.4 Å². The Labute approximate surface area is 142 Å². The van der Waals surface area contributed by atoms with Crippen LogP contribution in [0.1, 0.15) is 23.0 Å². The van der Waals surface area contributed by atoms with E-state index in [1.807, 2.05) is 0 Å². The maximum absolute atomic E-state index is 12.0. The average molecular weight is 348 g/mol. The maximum atomic E-state index is 12.0. The molecule has 0 spiro atoms. The molecular formula is C15H16N4O4S. The standard InChI is InChI=1S/C15H16N4O4S/c1-3-23-14(21)12-9(2)17-15(22)19-13(12)24-8-11(20)18-10-5-4-6-16-7-10/h4-7H,3,8H2,1-2H3,(H,18,20)(H,17,19,22). The van der Waals surface area contributed by atoms with Gasteiger partial charge in [0.15, 0.2) is 0 Å². The number of hydrogen-bond donors (Lipinski definition) is 2. The molecule has 0 saturated carbocycles. The van der Waals surface area contributed by atoms with Crippen molar-refractivity contribution in [2.75, 3.05) is 17.7 Å². The van der Waals surface area contributed by atoms with Crippen LogP contribution in [0.25, 0.3) is 0 Å². The third kappa shape index (κ3) is 4.66. The first-order chi connectivity index (χ1) is 11.5. The van der Waals surface area contributed by atoms with E-state index in [-0.39, 0.29) is 28.9 Å². The molecular weight excluding hydrogens is 332 g/mol. The number of nitrogens with zero attached hydrogens (tertiary/aromatic N) is 2. The van der Waals surface area contributed by atoms with Gasteiger partial charge in [0.1, 0.15) is 10.6 Å². The molecule has 126 valence electrons. The van der Waals surface area contributed by atoms with Crippen molar-refractivity contribution in [2.45, 2.75) is 18.9 Å². The lowest BCUT2D eigenvalue weighted by Gasteiger charge is -2.10. The van der Waals surface area contributed by atoms with Gasteiger partial charge in [-0.1, -0.05) is 11.8 Å². The molecule has 2 aromatic rings. The normalized spacial score (nSPS) is 10.2. The highest BCUT2D eigenvalue weighted by Gasteiger charge is 2.20. The number of aromatic amines is 1. The van der Waals surface area contributed by atoms with E-state index in [1.165, 1.54) is 6.20 Å². The van der Waals surface area contributed by atoms with Crippen LogP contribution >= 0.6 is 11.8 Å². The highest BCUT2D eigenvalue weighted by Crippen LogP contribution is 2.22. The van der Waals surface area contributed by atoms with Gasteiger partial charge >= 0.3 is 11.7 Å². The first kappa shape index (κ1) is 17.7. The van der Waals surface area contributed by atoms with Crippen LogP contribution in [0.15, 0.2) is 34.3 Å². The molecule has 0 bridgehead atoms. The largest absolute Gasteiger partial charge is 0.462 e. The van der Waals surface area contributed by atoms with Crippen LogP contribution in [0.2, 0.25) is 0 Å². The molecule has 0 aliphatic heterocycles. The lowest BCUT2D eigenvalue weighted by Crippen LogP contribution is -2.21. The Kier molecular flexibility index (Phi) is 6.07. The second kappa shape index (κ2) is 8.25. The number of H-pyrrole nitrogens is 1. The molecule has 0 aliphatic rings. The molecule has 2 aromatic heterocycles. The summed E-state index contributed by atoms with van der Waals surface area (Å²) in [4.78, 5) is 45.7. The smallest absolute Gasteiger partial charge is 0.346 e. The number of carbonyl (C=O) groups is 2. The average Bonchev–Trinajstić information content (AvgIpc) is 2.53. The van der Waals surface area contributed by atoms with Crippen molar-refractivity contribution in [1.82, 2.24) is 15.0 Å². The van der Waals surface area contributed by atoms with Crippen LogP contribution in [0.5, 0.6) is 0 Å². The van der Waals surface area contributed by atoms with E-state index < -0.39 is 11.7 Å². The van der Waals surface area contributed by atoms with Crippen molar-refractivity contribution < 1.29 is 14.3 Å². The first-order valence-corrected chi connectivity index (χ1v) is 8.10. The number of ether oxygens (including phenoxy) is 1. The van der Waals surface area contributed by atoms with E-state index in [0.717, 1.165) is 11.8 Å². The summed E-state index contributed by atoms with van der Waals surface area (Å²) < 4.78 is 4.97. The van der Waals surface area contributed by atoms with Crippen molar-refractivity contribution in [3.63, 3.8) is 0 Å². The second-order valence-electron chi connectivity index (χ2n) is 4.65. The van der Waals surface area contributed by atoms with Crippen molar-refractivity contribution >= 4 is 29.3 Å². The number of amides is 1. The number of hydrogen-bond acceptors (Lipinski definition) is 7. The van der Waals surface area contributed by atoms with Gasteiger partial charge in [-0.2, -0.15) is 4.98 Å². The van der Waals surface area contributed by atoms with Crippen LogP contribution in [0.4, 0.5) is 5.69 Å². The monoisotopic (exact) mass is 348 g/mol. The van der Waals surface area contributed by atoms with Gasteiger partial charge in [-0.25, -0.2) is 9.59 Å². The number of aromatic nitrogens is 3. The van der Waals surface area contributed by atoms with Gasteiger partial charge in [-0.3, -0.25) is 9.78 Å². The molecule has 0 radical (unpaired) electrons. The third-order valence-electron chi connectivity index (χ3n) is 2.85. The Morgan fingerprint density at radius 1 is 1.42 bits per heavy atom. The number of nitrogens with one attached hydrogen (secondary N) is 2. The van der Waals surface area contributed by atoms with Crippen LogP contribution in [-0.4, -0.2) is 39.2 Å². The molecule has 0 atom stereocenters. The van der Waals surface area contributed by atoms with Crippen LogP contribution < -0.4 is 11.0 Å². The zero-order valence-electron chi connectivity index (χ0n) is 13.2. The maximum Gasteiger partial charge on any atom is 0.346 e. The SMILES string of the molecule is CCOC(=O)c1c(SCC(=O)Nc2cccnc2)nc(=O)[nH]c1C. The predicted molar refractivity (Wildman–Crippen MR) is 89.1 cm³/mol. The molecule has 2 N–H and O–H groups in total. The van der Waals surface area contributed by atoms with Gasteiger partial charge in [0, 0.05) is 11.9 Å². The molecule has 8 nitrogen and oxygen atoms in total. The summed E-state index contributed by atoms with van der Waals surface area (Å²) in [6, 6.07) is 3.40. The number of anilines is 1. The predicted octanol–water partition coefficient (Wildman–Crippen LogP) is 1.38. The topological polar surface area (TPSA) is 114 Å². The Hall–Kier alpha value is -2.68. The highest BCUT2D eigenvalue weighted by molar-refractivity contribution is 8.00. The zero-order valence-corrected chi connectivity index (χ0v) is 14.0. The molecule has 0 unspecified atom stereocenters. The second-order valence-corrected chi connectivity index (χ2v) is 5.61. The van der Waals surface area contributed by atoms with Gasteiger partial charge in [0.25, 0.3) is 0 Å². The molecule has 0 aromatic carbocycles.